The summed E-state index contributed by atoms with van der Waals surface area (Å²) in [5.74, 6) is -1.48. The first-order chi connectivity index (χ1) is 17.0. The van der Waals surface area contributed by atoms with E-state index in [1.807, 2.05) is 30.3 Å². The van der Waals surface area contributed by atoms with E-state index in [1.54, 1.807) is 18.2 Å². The fourth-order valence-corrected chi connectivity index (χ4v) is 5.23. The first-order valence-electron chi connectivity index (χ1n) is 11.1. The highest BCUT2D eigenvalue weighted by molar-refractivity contribution is 7.10. The highest BCUT2D eigenvalue weighted by Gasteiger charge is 2.24. The molecule has 2 heterocycles. The number of benzene rings is 3. The van der Waals surface area contributed by atoms with Crippen molar-refractivity contribution >= 4 is 29.4 Å². The van der Waals surface area contributed by atoms with Crippen molar-refractivity contribution in [2.45, 2.75) is 25.6 Å². The third-order valence-corrected chi connectivity index (χ3v) is 7.06. The van der Waals surface area contributed by atoms with E-state index in [-0.39, 0.29) is 17.4 Å². The molecule has 178 valence electrons. The van der Waals surface area contributed by atoms with Crippen LogP contribution in [-0.2, 0) is 4.74 Å². The Labute approximate surface area is 210 Å². The molecule has 1 saturated heterocycles. The molecule has 1 aliphatic rings. The van der Waals surface area contributed by atoms with Gasteiger partial charge in [0.05, 0.1) is 22.2 Å². The quantitative estimate of drug-likeness (QED) is 0.248. The van der Waals surface area contributed by atoms with E-state index in [4.69, 9.17) is 21.1 Å². The van der Waals surface area contributed by atoms with Gasteiger partial charge in [-0.2, -0.15) is 4.37 Å². The number of aldehydes is 1. The highest BCUT2D eigenvalue weighted by Crippen LogP contribution is 2.45. The molecule has 4 nitrogen and oxygen atoms in total. The van der Waals surface area contributed by atoms with Crippen LogP contribution in [0.5, 0.6) is 5.75 Å². The molecule has 0 bridgehead atoms. The van der Waals surface area contributed by atoms with Crippen LogP contribution in [0.4, 0.5) is 8.78 Å². The zero-order valence-corrected chi connectivity index (χ0v) is 20.0. The zero-order chi connectivity index (χ0) is 24.4. The first-order valence-corrected chi connectivity index (χ1v) is 12.3. The fourth-order valence-electron chi connectivity index (χ4n) is 4.09. The van der Waals surface area contributed by atoms with Gasteiger partial charge in [0.15, 0.2) is 24.2 Å². The van der Waals surface area contributed by atoms with Crippen molar-refractivity contribution in [3.8, 4) is 38.6 Å². The third-order valence-electron chi connectivity index (χ3n) is 5.83. The summed E-state index contributed by atoms with van der Waals surface area (Å²) in [6, 6.07) is 16.5. The molecule has 1 fully saturated rings. The van der Waals surface area contributed by atoms with Gasteiger partial charge in [-0.05, 0) is 78.0 Å². The molecule has 3 aromatic carbocycles. The molecule has 5 rings (SSSR count). The molecule has 1 atom stereocenters. The maximum atomic E-state index is 14.3. The minimum Gasteiger partial charge on any atom is -0.465 e. The number of aromatic nitrogens is 1. The Morgan fingerprint density at radius 3 is 2.51 bits per heavy atom. The lowest BCUT2D eigenvalue weighted by Gasteiger charge is -2.23. The first kappa shape index (κ1) is 23.6. The van der Waals surface area contributed by atoms with Gasteiger partial charge in [0.2, 0.25) is 0 Å². The van der Waals surface area contributed by atoms with Gasteiger partial charge < -0.3 is 9.47 Å². The lowest BCUT2D eigenvalue weighted by atomic mass is 9.93. The SMILES string of the molecule is O=Cc1cc(F)c(F)cc1-c1c(-c2ccccc2Cl)nsc1-c1ccc(OC2CCCCO2)cc1. The summed E-state index contributed by atoms with van der Waals surface area (Å²) >= 11 is 7.64. The van der Waals surface area contributed by atoms with Crippen molar-refractivity contribution in [1.29, 1.82) is 0 Å². The van der Waals surface area contributed by atoms with E-state index in [2.05, 4.69) is 4.37 Å². The molecule has 1 aromatic heterocycles. The zero-order valence-electron chi connectivity index (χ0n) is 18.5. The average Bonchev–Trinajstić information content (AvgIpc) is 3.31. The second-order valence-electron chi connectivity index (χ2n) is 8.12. The monoisotopic (exact) mass is 511 g/mol. The highest BCUT2D eigenvalue weighted by atomic mass is 35.5. The number of carbonyl (C=O) groups is 1. The Morgan fingerprint density at radius 2 is 1.80 bits per heavy atom. The molecule has 0 aliphatic carbocycles. The average molecular weight is 512 g/mol. The van der Waals surface area contributed by atoms with E-state index < -0.39 is 11.6 Å². The lowest BCUT2D eigenvalue weighted by Crippen LogP contribution is -2.24. The molecule has 1 unspecified atom stereocenters. The van der Waals surface area contributed by atoms with E-state index >= 15 is 0 Å². The largest absolute Gasteiger partial charge is 0.465 e. The molecule has 0 saturated carbocycles. The van der Waals surface area contributed by atoms with E-state index in [1.165, 1.54) is 11.5 Å². The number of halogens is 3. The minimum absolute atomic E-state index is 0.0213. The summed E-state index contributed by atoms with van der Waals surface area (Å²) < 4.78 is 44.5. The van der Waals surface area contributed by atoms with Gasteiger partial charge in [-0.25, -0.2) is 8.78 Å². The molecule has 0 N–H and O–H groups in total. The van der Waals surface area contributed by atoms with Crippen LogP contribution >= 0.6 is 23.1 Å². The van der Waals surface area contributed by atoms with Gasteiger partial charge >= 0.3 is 0 Å². The molecule has 4 aromatic rings. The molecule has 8 heteroatoms. The maximum Gasteiger partial charge on any atom is 0.199 e. The summed E-state index contributed by atoms with van der Waals surface area (Å²) in [6.07, 6.45) is 3.18. The van der Waals surface area contributed by atoms with Crippen LogP contribution in [0, 0.1) is 11.6 Å². The second kappa shape index (κ2) is 10.2. The summed E-state index contributed by atoms with van der Waals surface area (Å²) in [5, 5.41) is 0.456. The number of hydrogen-bond acceptors (Lipinski definition) is 5. The normalized spacial score (nSPS) is 15.7. The molecular weight excluding hydrogens is 492 g/mol. The number of carbonyl (C=O) groups excluding carboxylic acids is 1. The summed E-state index contributed by atoms with van der Waals surface area (Å²) in [6.45, 7) is 0.686. The molecule has 35 heavy (non-hydrogen) atoms. The van der Waals surface area contributed by atoms with Gasteiger partial charge in [-0.15, -0.1) is 0 Å². The van der Waals surface area contributed by atoms with Crippen molar-refractivity contribution < 1.29 is 23.0 Å². The topological polar surface area (TPSA) is 48.4 Å². The molecule has 1 aliphatic heterocycles. The van der Waals surface area contributed by atoms with E-state index in [9.17, 15) is 13.6 Å². The number of hydrogen-bond donors (Lipinski definition) is 0. The van der Waals surface area contributed by atoms with Crippen LogP contribution in [0.1, 0.15) is 29.6 Å². The summed E-state index contributed by atoms with van der Waals surface area (Å²) in [4.78, 5) is 12.5. The van der Waals surface area contributed by atoms with Crippen molar-refractivity contribution in [1.82, 2.24) is 4.37 Å². The van der Waals surface area contributed by atoms with Gasteiger partial charge in [0.1, 0.15) is 5.75 Å². The minimum atomic E-state index is -1.09. The van der Waals surface area contributed by atoms with E-state index in [0.717, 1.165) is 37.0 Å². The second-order valence-corrected chi connectivity index (χ2v) is 9.31. The van der Waals surface area contributed by atoms with Gasteiger partial charge in [-0.1, -0.05) is 29.8 Å². The van der Waals surface area contributed by atoms with Crippen LogP contribution in [0.2, 0.25) is 5.02 Å². The predicted molar refractivity (Wildman–Crippen MR) is 133 cm³/mol. The van der Waals surface area contributed by atoms with Crippen molar-refractivity contribution in [3.63, 3.8) is 0 Å². The van der Waals surface area contributed by atoms with Crippen LogP contribution in [0.25, 0.3) is 32.8 Å². The fraction of sp³-hybridized carbons (Fsp3) is 0.185. The molecule has 0 radical (unpaired) electrons. The van der Waals surface area contributed by atoms with Crippen LogP contribution in [0.15, 0.2) is 60.7 Å². The molecular formula is C27H20ClF2NO3S. The van der Waals surface area contributed by atoms with Gasteiger partial charge in [0.25, 0.3) is 0 Å². The third kappa shape index (κ3) is 4.85. The molecule has 0 amide bonds. The standard InChI is InChI=1S/C27H20ClF2NO3S/c28-21-6-2-1-5-19(21)26-25(20-14-23(30)22(29)13-17(20)15-32)27(35-31-26)16-8-10-18(11-9-16)34-24-7-3-4-12-33-24/h1-2,5-6,8-11,13-15,24H,3-4,7,12H2. The van der Waals surface area contributed by atoms with Gasteiger partial charge in [0, 0.05) is 23.1 Å². The lowest BCUT2D eigenvalue weighted by molar-refractivity contribution is -0.105. The number of ether oxygens (including phenoxy) is 2. The van der Waals surface area contributed by atoms with Crippen molar-refractivity contribution in [2.75, 3.05) is 6.61 Å². The number of nitrogens with zero attached hydrogens (tertiary/aromatic N) is 1. The van der Waals surface area contributed by atoms with Gasteiger partial charge in [-0.3, -0.25) is 4.79 Å². The van der Waals surface area contributed by atoms with Crippen LogP contribution in [0.3, 0.4) is 0 Å². The van der Waals surface area contributed by atoms with E-state index in [0.29, 0.717) is 45.4 Å². The Kier molecular flexibility index (Phi) is 6.90. The predicted octanol–water partition coefficient (Wildman–Crippen LogP) is 7.79. The van der Waals surface area contributed by atoms with Crippen molar-refractivity contribution in [3.05, 3.63) is 82.9 Å². The van der Waals surface area contributed by atoms with Crippen LogP contribution < -0.4 is 4.74 Å². The summed E-state index contributed by atoms with van der Waals surface area (Å²) in [7, 11) is 0. The Morgan fingerprint density at radius 1 is 1.03 bits per heavy atom. The Bertz CT molecular complexity index is 1370. The summed E-state index contributed by atoms with van der Waals surface area (Å²) in [5.41, 5.74) is 2.67. The Hall–Kier alpha value is -3.13. The smallest absolute Gasteiger partial charge is 0.199 e. The molecule has 0 spiro atoms. The maximum absolute atomic E-state index is 14.3. The van der Waals surface area contributed by atoms with Crippen molar-refractivity contribution in [2.24, 2.45) is 0 Å². The van der Waals surface area contributed by atoms with Crippen LogP contribution in [-0.4, -0.2) is 23.6 Å². The Balaban J connectivity index is 1.62. The number of rotatable bonds is 6.